The molecule has 1 fully saturated rings. The van der Waals surface area contributed by atoms with Crippen LogP contribution in [0.15, 0.2) is 46.7 Å². The van der Waals surface area contributed by atoms with Gasteiger partial charge in [-0.3, -0.25) is 0 Å². The van der Waals surface area contributed by atoms with Crippen molar-refractivity contribution in [3.8, 4) is 0 Å². The summed E-state index contributed by atoms with van der Waals surface area (Å²) in [6, 6.07) is 9.80. The molecule has 0 aliphatic carbocycles. The van der Waals surface area contributed by atoms with Crippen LogP contribution in [0.2, 0.25) is 0 Å². The lowest BCUT2D eigenvalue weighted by Crippen LogP contribution is -2.42. The number of hydrogen-bond donors (Lipinski definition) is 1. The summed E-state index contributed by atoms with van der Waals surface area (Å²) >= 11 is 1.55. The zero-order valence-corrected chi connectivity index (χ0v) is 15.6. The van der Waals surface area contributed by atoms with E-state index in [-0.39, 0.29) is 16.4 Å². The lowest BCUT2D eigenvalue weighted by molar-refractivity contribution is 0.528. The molecule has 0 unspecified atom stereocenters. The Balaban J connectivity index is 1.86. The molecule has 1 aliphatic heterocycles. The molecule has 0 radical (unpaired) electrons. The number of aryl methyl sites for hydroxylation is 1. The number of hydrogen-bond acceptors (Lipinski definition) is 6. The van der Waals surface area contributed by atoms with Crippen molar-refractivity contribution in [3.63, 3.8) is 0 Å². The quantitative estimate of drug-likeness (QED) is 0.849. The number of sulfone groups is 2. The average Bonchev–Trinajstić information content (AvgIpc) is 3.13. The summed E-state index contributed by atoms with van der Waals surface area (Å²) < 4.78 is 49.9. The van der Waals surface area contributed by atoms with Crippen LogP contribution in [-0.4, -0.2) is 39.6 Å². The minimum atomic E-state index is -3.70. The standard InChI is InChI=1S/C16H19NO4S3/c1-12-4-6-14(7-5-12)24(20,21)16-11-23(18,19)10-15(16)17-9-13-3-2-8-22-13/h2-8,15-17H,9-11H2,1H3/t15-,16-/m0/s1. The summed E-state index contributed by atoms with van der Waals surface area (Å²) in [6.45, 7) is 2.35. The Morgan fingerprint density at radius 2 is 1.88 bits per heavy atom. The van der Waals surface area contributed by atoms with Crippen LogP contribution in [0.1, 0.15) is 10.4 Å². The number of thiophene rings is 1. The fourth-order valence-electron chi connectivity index (χ4n) is 2.86. The highest BCUT2D eigenvalue weighted by Crippen LogP contribution is 2.26. The molecule has 0 saturated carbocycles. The molecular weight excluding hydrogens is 366 g/mol. The van der Waals surface area contributed by atoms with Gasteiger partial charge in [-0.2, -0.15) is 0 Å². The molecule has 0 spiro atoms. The number of nitrogens with one attached hydrogen (secondary N) is 1. The van der Waals surface area contributed by atoms with Crippen molar-refractivity contribution in [1.29, 1.82) is 0 Å². The van der Waals surface area contributed by atoms with Crippen LogP contribution in [0.25, 0.3) is 0 Å². The van der Waals surface area contributed by atoms with Gasteiger partial charge in [0.25, 0.3) is 0 Å². The van der Waals surface area contributed by atoms with Crippen LogP contribution in [-0.2, 0) is 26.2 Å². The summed E-state index contributed by atoms with van der Waals surface area (Å²) in [5.74, 6) is -0.473. The van der Waals surface area contributed by atoms with Gasteiger partial charge in [0, 0.05) is 17.5 Å². The van der Waals surface area contributed by atoms with E-state index < -0.39 is 31.0 Å². The third-order valence-corrected chi connectivity index (χ3v) is 9.21. The zero-order chi connectivity index (χ0) is 17.4. The van der Waals surface area contributed by atoms with E-state index in [1.54, 1.807) is 35.6 Å². The minimum absolute atomic E-state index is 0.145. The molecule has 1 aromatic carbocycles. The summed E-state index contributed by atoms with van der Waals surface area (Å²) in [6.07, 6.45) is 0. The Hall–Kier alpha value is -1.22. The molecule has 1 aliphatic rings. The molecule has 0 bridgehead atoms. The number of rotatable bonds is 5. The second-order valence-corrected chi connectivity index (χ2v) is 11.4. The van der Waals surface area contributed by atoms with Gasteiger partial charge in [0.2, 0.25) is 0 Å². The molecule has 8 heteroatoms. The molecule has 0 amide bonds. The van der Waals surface area contributed by atoms with E-state index in [1.807, 2.05) is 24.4 Å². The highest BCUT2D eigenvalue weighted by atomic mass is 32.2. The third-order valence-electron chi connectivity index (χ3n) is 4.17. The topological polar surface area (TPSA) is 80.3 Å². The molecule has 1 saturated heterocycles. The predicted molar refractivity (Wildman–Crippen MR) is 95.8 cm³/mol. The molecule has 1 aromatic heterocycles. The van der Waals surface area contributed by atoms with Crippen molar-refractivity contribution in [2.24, 2.45) is 0 Å². The van der Waals surface area contributed by atoms with Gasteiger partial charge in [0.05, 0.1) is 21.7 Å². The Morgan fingerprint density at radius 3 is 2.50 bits per heavy atom. The minimum Gasteiger partial charge on any atom is -0.307 e. The van der Waals surface area contributed by atoms with Crippen LogP contribution in [0.5, 0.6) is 0 Å². The molecular formula is C16H19NO4S3. The number of benzene rings is 1. The SMILES string of the molecule is Cc1ccc(S(=O)(=O)[C@H]2CS(=O)(=O)C[C@@H]2NCc2cccs2)cc1. The van der Waals surface area contributed by atoms with E-state index in [0.29, 0.717) is 6.54 Å². The van der Waals surface area contributed by atoms with E-state index in [1.165, 1.54) is 0 Å². The van der Waals surface area contributed by atoms with Crippen LogP contribution >= 0.6 is 11.3 Å². The largest absolute Gasteiger partial charge is 0.307 e. The maximum absolute atomic E-state index is 12.9. The Labute approximate surface area is 146 Å². The lowest BCUT2D eigenvalue weighted by atomic mass is 10.2. The molecule has 2 atom stereocenters. The Bertz CT molecular complexity index is 901. The first-order chi connectivity index (χ1) is 11.3. The van der Waals surface area contributed by atoms with Gasteiger partial charge in [-0.1, -0.05) is 23.8 Å². The van der Waals surface area contributed by atoms with Gasteiger partial charge in [-0.25, -0.2) is 16.8 Å². The van der Waals surface area contributed by atoms with Crippen LogP contribution in [0, 0.1) is 6.92 Å². The summed E-state index contributed by atoms with van der Waals surface area (Å²) in [4.78, 5) is 1.23. The van der Waals surface area contributed by atoms with Crippen molar-refractivity contribution in [3.05, 3.63) is 52.2 Å². The maximum atomic E-state index is 12.9. The smallest absolute Gasteiger partial charge is 0.183 e. The van der Waals surface area contributed by atoms with E-state index in [9.17, 15) is 16.8 Å². The first-order valence-corrected chi connectivity index (χ1v) is 11.8. The van der Waals surface area contributed by atoms with Crippen molar-refractivity contribution < 1.29 is 16.8 Å². The normalized spacial score (nSPS) is 23.4. The summed E-state index contributed by atoms with van der Waals surface area (Å²) in [5.41, 5.74) is 0.959. The van der Waals surface area contributed by atoms with Gasteiger partial charge < -0.3 is 5.32 Å². The first-order valence-electron chi connectivity index (χ1n) is 7.55. The Kier molecular flexibility index (Phi) is 4.83. The van der Waals surface area contributed by atoms with E-state index in [2.05, 4.69) is 5.32 Å². The highest BCUT2D eigenvalue weighted by molar-refractivity contribution is 7.96. The monoisotopic (exact) mass is 385 g/mol. The maximum Gasteiger partial charge on any atom is 0.183 e. The van der Waals surface area contributed by atoms with Gasteiger partial charge in [-0.05, 0) is 30.5 Å². The average molecular weight is 386 g/mol. The Morgan fingerprint density at radius 1 is 1.17 bits per heavy atom. The fourth-order valence-corrected chi connectivity index (χ4v) is 8.23. The van der Waals surface area contributed by atoms with Crippen molar-refractivity contribution in [2.45, 2.75) is 29.7 Å². The van der Waals surface area contributed by atoms with Gasteiger partial charge in [0.1, 0.15) is 0 Å². The summed E-state index contributed by atoms with van der Waals surface area (Å²) in [7, 11) is -7.08. The van der Waals surface area contributed by atoms with Crippen molar-refractivity contribution in [1.82, 2.24) is 5.32 Å². The highest BCUT2D eigenvalue weighted by Gasteiger charge is 2.45. The van der Waals surface area contributed by atoms with Gasteiger partial charge >= 0.3 is 0 Å². The van der Waals surface area contributed by atoms with Crippen LogP contribution in [0.3, 0.4) is 0 Å². The van der Waals surface area contributed by atoms with E-state index in [0.717, 1.165) is 10.4 Å². The molecule has 3 rings (SSSR count). The predicted octanol–water partition coefficient (Wildman–Crippen LogP) is 1.79. The lowest BCUT2D eigenvalue weighted by Gasteiger charge is -2.19. The summed E-state index contributed by atoms with van der Waals surface area (Å²) in [5, 5.41) is 4.11. The van der Waals surface area contributed by atoms with E-state index >= 15 is 0 Å². The third kappa shape index (κ3) is 3.72. The van der Waals surface area contributed by atoms with Gasteiger partial charge in [-0.15, -0.1) is 11.3 Å². The van der Waals surface area contributed by atoms with Crippen molar-refractivity contribution >= 4 is 31.0 Å². The molecule has 2 heterocycles. The molecule has 2 aromatic rings. The molecule has 5 nitrogen and oxygen atoms in total. The second-order valence-electron chi connectivity index (χ2n) is 6.04. The van der Waals surface area contributed by atoms with Crippen LogP contribution in [0.4, 0.5) is 0 Å². The van der Waals surface area contributed by atoms with Gasteiger partial charge in [0.15, 0.2) is 19.7 Å². The fraction of sp³-hybridized carbons (Fsp3) is 0.375. The first kappa shape index (κ1) is 17.6. The second kappa shape index (κ2) is 6.59. The van der Waals surface area contributed by atoms with Crippen LogP contribution < -0.4 is 5.32 Å². The molecule has 24 heavy (non-hydrogen) atoms. The molecule has 130 valence electrons. The van der Waals surface area contributed by atoms with E-state index in [4.69, 9.17) is 0 Å². The zero-order valence-electron chi connectivity index (χ0n) is 13.2. The molecule has 1 N–H and O–H groups in total. The van der Waals surface area contributed by atoms with Crippen molar-refractivity contribution in [2.75, 3.05) is 11.5 Å².